The van der Waals surface area contributed by atoms with Crippen LogP contribution in [0.3, 0.4) is 0 Å². The Labute approximate surface area is 241 Å². The summed E-state index contributed by atoms with van der Waals surface area (Å²) in [5.41, 5.74) is 5.03. The number of piperazine rings is 1. The van der Waals surface area contributed by atoms with Crippen LogP contribution in [-0.2, 0) is 10.0 Å². The Hall–Kier alpha value is -3.65. The van der Waals surface area contributed by atoms with Crippen LogP contribution in [0.15, 0.2) is 102 Å². The summed E-state index contributed by atoms with van der Waals surface area (Å²) >= 11 is 6.32. The molecule has 1 fully saturated rings. The molecule has 4 aromatic rings. The van der Waals surface area contributed by atoms with Crippen molar-refractivity contribution >= 4 is 33.2 Å². The first kappa shape index (κ1) is 27.9. The van der Waals surface area contributed by atoms with Crippen molar-refractivity contribution in [2.75, 3.05) is 30.9 Å². The first-order valence-electron chi connectivity index (χ1n) is 13.3. The van der Waals surface area contributed by atoms with Crippen molar-refractivity contribution in [3.05, 3.63) is 130 Å². The number of sulfonamides is 1. The second-order valence-electron chi connectivity index (χ2n) is 10.2. The highest BCUT2D eigenvalue weighted by Crippen LogP contribution is 2.30. The third kappa shape index (κ3) is 6.22. The second-order valence-corrected chi connectivity index (χ2v) is 12.2. The molecule has 5 rings (SSSR count). The van der Waals surface area contributed by atoms with Crippen LogP contribution in [0.1, 0.15) is 38.7 Å². The lowest BCUT2D eigenvalue weighted by Crippen LogP contribution is -2.49. The minimum Gasteiger partial charge on any atom is -0.336 e. The van der Waals surface area contributed by atoms with Crippen LogP contribution < -0.4 is 4.72 Å². The number of hydrogen-bond acceptors (Lipinski definition) is 4. The Morgan fingerprint density at radius 2 is 1.32 bits per heavy atom. The summed E-state index contributed by atoms with van der Waals surface area (Å²) in [5, 5.41) is 0.0619. The number of amides is 1. The van der Waals surface area contributed by atoms with Crippen molar-refractivity contribution in [3.63, 3.8) is 0 Å². The molecule has 0 radical (unpaired) electrons. The van der Waals surface area contributed by atoms with Gasteiger partial charge >= 0.3 is 0 Å². The molecule has 1 heterocycles. The summed E-state index contributed by atoms with van der Waals surface area (Å²) < 4.78 is 29.1. The summed E-state index contributed by atoms with van der Waals surface area (Å²) in [6.07, 6.45) is 0. The Balaban J connectivity index is 1.33. The van der Waals surface area contributed by atoms with Crippen molar-refractivity contribution in [3.8, 4) is 0 Å². The molecule has 40 heavy (non-hydrogen) atoms. The molecular weight excluding hydrogens is 542 g/mol. The highest BCUT2D eigenvalue weighted by molar-refractivity contribution is 7.92. The van der Waals surface area contributed by atoms with Gasteiger partial charge < -0.3 is 4.90 Å². The molecule has 0 saturated carbocycles. The van der Waals surface area contributed by atoms with Crippen LogP contribution in [0, 0.1) is 13.8 Å². The highest BCUT2D eigenvalue weighted by Gasteiger charge is 2.29. The molecule has 6 nitrogen and oxygen atoms in total. The van der Waals surface area contributed by atoms with Gasteiger partial charge in [0.05, 0.1) is 11.1 Å². The predicted molar refractivity (Wildman–Crippen MR) is 160 cm³/mol. The number of hydrogen-bond donors (Lipinski definition) is 1. The molecule has 0 aliphatic carbocycles. The van der Waals surface area contributed by atoms with E-state index in [0.717, 1.165) is 11.1 Å². The van der Waals surface area contributed by atoms with Gasteiger partial charge in [-0.25, -0.2) is 8.42 Å². The third-order valence-electron chi connectivity index (χ3n) is 7.14. The first-order chi connectivity index (χ1) is 19.2. The third-order valence-corrected chi connectivity index (χ3v) is 9.00. The van der Waals surface area contributed by atoms with E-state index in [9.17, 15) is 13.2 Å². The van der Waals surface area contributed by atoms with Crippen LogP contribution in [0.5, 0.6) is 0 Å². The summed E-state index contributed by atoms with van der Waals surface area (Å²) in [7, 11) is -4.01. The number of halogens is 1. The highest BCUT2D eigenvalue weighted by atomic mass is 35.5. The zero-order valence-electron chi connectivity index (χ0n) is 22.5. The normalized spacial score (nSPS) is 14.3. The molecule has 0 aromatic heterocycles. The lowest BCUT2D eigenvalue weighted by molar-refractivity contribution is 0.0597. The van der Waals surface area contributed by atoms with Gasteiger partial charge in [0.15, 0.2) is 0 Å². The van der Waals surface area contributed by atoms with Crippen molar-refractivity contribution in [2.45, 2.75) is 24.8 Å². The van der Waals surface area contributed by atoms with Gasteiger partial charge in [0.1, 0.15) is 4.90 Å². The number of carbonyl (C=O) groups is 1. The van der Waals surface area contributed by atoms with Crippen LogP contribution in [0.2, 0.25) is 5.02 Å². The topological polar surface area (TPSA) is 69.7 Å². The summed E-state index contributed by atoms with van der Waals surface area (Å²) in [6.45, 7) is 6.24. The number of rotatable bonds is 7. The van der Waals surface area contributed by atoms with E-state index in [-0.39, 0.29) is 21.9 Å². The molecule has 4 aromatic carbocycles. The maximum Gasteiger partial charge on any atom is 0.263 e. The Bertz CT molecular complexity index is 1540. The number of benzene rings is 4. The van der Waals surface area contributed by atoms with Crippen LogP contribution in [0.4, 0.5) is 5.69 Å². The number of carbonyl (C=O) groups excluding carboxylic acids is 1. The fraction of sp³-hybridized carbons (Fsp3) is 0.219. The quantitative estimate of drug-likeness (QED) is 0.281. The van der Waals surface area contributed by atoms with Crippen molar-refractivity contribution in [1.82, 2.24) is 9.80 Å². The molecule has 8 heteroatoms. The number of nitrogens with zero attached hydrogens (tertiary/aromatic N) is 2. The van der Waals surface area contributed by atoms with Crippen LogP contribution in [-0.4, -0.2) is 50.3 Å². The fourth-order valence-corrected chi connectivity index (χ4v) is 6.90. The fourth-order valence-electron chi connectivity index (χ4n) is 5.34. The Morgan fingerprint density at radius 3 is 1.88 bits per heavy atom. The number of aryl methyl sites for hydroxylation is 2. The van der Waals surface area contributed by atoms with Crippen LogP contribution >= 0.6 is 11.6 Å². The van der Waals surface area contributed by atoms with Crippen molar-refractivity contribution in [2.24, 2.45) is 0 Å². The van der Waals surface area contributed by atoms with Gasteiger partial charge in [0.2, 0.25) is 0 Å². The van der Waals surface area contributed by atoms with E-state index in [2.05, 4.69) is 33.9 Å². The van der Waals surface area contributed by atoms with E-state index in [1.54, 1.807) is 23.1 Å². The van der Waals surface area contributed by atoms with Crippen LogP contribution in [0.25, 0.3) is 0 Å². The molecular formula is C32H32ClN3O3S. The molecule has 1 aliphatic heterocycles. The van der Waals surface area contributed by atoms with Gasteiger partial charge in [-0.15, -0.1) is 0 Å². The van der Waals surface area contributed by atoms with Gasteiger partial charge in [0, 0.05) is 37.4 Å². The minimum atomic E-state index is -4.01. The van der Waals surface area contributed by atoms with E-state index < -0.39 is 10.0 Å². The molecule has 1 saturated heterocycles. The van der Waals surface area contributed by atoms with Gasteiger partial charge in [-0.2, -0.15) is 0 Å². The number of nitrogens with one attached hydrogen (secondary N) is 1. The number of anilines is 1. The van der Waals surface area contributed by atoms with Crippen molar-refractivity contribution < 1.29 is 13.2 Å². The molecule has 0 atom stereocenters. The van der Waals surface area contributed by atoms with Crippen molar-refractivity contribution in [1.29, 1.82) is 0 Å². The first-order valence-corrected chi connectivity index (χ1v) is 15.1. The molecule has 0 unspecified atom stereocenters. The molecule has 0 spiro atoms. The maximum atomic E-state index is 13.5. The maximum absolute atomic E-state index is 13.5. The minimum absolute atomic E-state index is 0.0619. The summed E-state index contributed by atoms with van der Waals surface area (Å²) in [4.78, 5) is 17.6. The predicted octanol–water partition coefficient (Wildman–Crippen LogP) is 6.31. The monoisotopic (exact) mass is 573 g/mol. The van der Waals surface area contributed by atoms with E-state index in [1.807, 2.05) is 56.3 Å². The smallest absolute Gasteiger partial charge is 0.263 e. The van der Waals surface area contributed by atoms with Gasteiger partial charge in [-0.05, 0) is 66.4 Å². The molecule has 1 amide bonds. The lowest BCUT2D eigenvalue weighted by atomic mass is 9.96. The summed E-state index contributed by atoms with van der Waals surface area (Å²) in [5.74, 6) is -0.213. The van der Waals surface area contributed by atoms with Gasteiger partial charge in [-0.1, -0.05) is 78.3 Å². The molecule has 1 aliphatic rings. The lowest BCUT2D eigenvalue weighted by Gasteiger charge is -2.39. The van der Waals surface area contributed by atoms with Gasteiger partial charge in [-0.3, -0.25) is 14.4 Å². The molecule has 206 valence electrons. The van der Waals surface area contributed by atoms with E-state index in [4.69, 9.17) is 11.6 Å². The molecule has 1 N–H and O–H groups in total. The SMILES string of the molecule is Cc1cc(C)cc(NS(=O)(=O)c2cc(C(=O)N3CCN(C(c4ccccc4)c4ccccc4)CC3)ccc2Cl)c1. The zero-order chi connectivity index (χ0) is 28.3. The average Bonchev–Trinajstić information content (AvgIpc) is 2.94. The van der Waals surface area contributed by atoms with E-state index >= 15 is 0 Å². The van der Waals surface area contributed by atoms with E-state index in [0.29, 0.717) is 37.4 Å². The second kappa shape index (κ2) is 11.8. The standard InChI is InChI=1S/C32H32ClN3O3S/c1-23-19-24(2)21-28(20-23)34-40(38,39)30-22-27(13-14-29(30)33)32(37)36-17-15-35(16-18-36)31(25-9-5-3-6-10-25)26-11-7-4-8-12-26/h3-14,19-22,31,34H,15-18H2,1-2H3. The van der Waals surface area contributed by atoms with E-state index in [1.165, 1.54) is 23.3 Å². The Kier molecular flexibility index (Phi) is 8.26. The molecule has 0 bridgehead atoms. The average molecular weight is 574 g/mol. The van der Waals surface area contributed by atoms with Gasteiger partial charge in [0.25, 0.3) is 15.9 Å². The largest absolute Gasteiger partial charge is 0.336 e. The summed E-state index contributed by atoms with van der Waals surface area (Å²) in [6, 6.07) is 30.8. The Morgan fingerprint density at radius 1 is 0.775 bits per heavy atom. The zero-order valence-corrected chi connectivity index (χ0v) is 24.1.